The summed E-state index contributed by atoms with van der Waals surface area (Å²) in [6.45, 7) is 0.370. The van der Waals surface area contributed by atoms with E-state index in [-0.39, 0.29) is 54.0 Å². The number of nitrogens with zero attached hydrogens (tertiary/aromatic N) is 3. The van der Waals surface area contributed by atoms with Crippen LogP contribution in [0.1, 0.15) is 10.4 Å². The van der Waals surface area contributed by atoms with Gasteiger partial charge in [0.1, 0.15) is 5.75 Å². The molecule has 1 N–H and O–H groups in total. The Bertz CT molecular complexity index is 1280. The smallest absolute Gasteiger partial charge is 0.270 e. The topological polar surface area (TPSA) is 121 Å². The molecular weight excluding hydrogens is 422 g/mol. The fraction of sp³-hybridized carbons (Fsp3) is 0.190. The second kappa shape index (κ2) is 7.97. The number of hydrogen-bond donors (Lipinski definition) is 1. The summed E-state index contributed by atoms with van der Waals surface area (Å²) in [5.41, 5.74) is -0.143. The molecule has 10 heteroatoms. The standard InChI is InChI=1S/C21H19N3O6S/c25-20-13-16-5-2-1-4-15(16)12-19(20)21(26)22-8-10-23(11-9-22)31(29,30)18-7-3-6-17(14-18)24(27)28/h1-7,12-14,25H,8-11H2. The van der Waals surface area contributed by atoms with Gasteiger partial charge < -0.3 is 10.0 Å². The number of nitro benzene ring substituents is 1. The number of rotatable bonds is 4. The summed E-state index contributed by atoms with van der Waals surface area (Å²) in [7, 11) is -3.93. The van der Waals surface area contributed by atoms with E-state index in [1.165, 1.54) is 33.5 Å². The summed E-state index contributed by atoms with van der Waals surface area (Å²) >= 11 is 0. The SMILES string of the molecule is O=C(c1cc2ccccc2cc1O)N1CCN(S(=O)(=O)c2cccc([N+](=O)[O-])c2)CC1. The molecule has 1 aliphatic heterocycles. The van der Waals surface area contributed by atoms with E-state index in [0.29, 0.717) is 0 Å². The molecule has 4 rings (SSSR count). The number of nitro groups is 1. The van der Waals surface area contributed by atoms with Crippen molar-refractivity contribution in [1.82, 2.24) is 9.21 Å². The summed E-state index contributed by atoms with van der Waals surface area (Å²) in [5.74, 6) is -0.508. The average molecular weight is 441 g/mol. The third kappa shape index (κ3) is 3.94. The number of fused-ring (bicyclic) bond motifs is 1. The number of carbonyl (C=O) groups is 1. The maximum Gasteiger partial charge on any atom is 0.270 e. The van der Waals surface area contributed by atoms with E-state index in [4.69, 9.17) is 0 Å². The van der Waals surface area contributed by atoms with Crippen LogP contribution in [0.5, 0.6) is 5.75 Å². The Morgan fingerprint density at radius 3 is 2.23 bits per heavy atom. The lowest BCUT2D eigenvalue weighted by molar-refractivity contribution is -0.385. The molecule has 3 aromatic carbocycles. The van der Waals surface area contributed by atoms with Crippen LogP contribution in [0, 0.1) is 10.1 Å². The van der Waals surface area contributed by atoms with Crippen molar-refractivity contribution in [1.29, 1.82) is 0 Å². The van der Waals surface area contributed by atoms with Crippen molar-refractivity contribution in [2.45, 2.75) is 4.90 Å². The lowest BCUT2D eigenvalue weighted by Gasteiger charge is -2.34. The lowest BCUT2D eigenvalue weighted by Crippen LogP contribution is -2.50. The van der Waals surface area contributed by atoms with Gasteiger partial charge in [-0.1, -0.05) is 30.3 Å². The van der Waals surface area contributed by atoms with E-state index in [1.807, 2.05) is 24.3 Å². The first kappa shape index (κ1) is 20.8. The third-order valence-corrected chi connectivity index (χ3v) is 7.18. The molecule has 0 atom stereocenters. The molecule has 160 valence electrons. The zero-order valence-corrected chi connectivity index (χ0v) is 17.2. The summed E-state index contributed by atoms with van der Waals surface area (Å²) < 4.78 is 26.9. The molecule has 0 aliphatic carbocycles. The van der Waals surface area contributed by atoms with Crippen LogP contribution in [0.3, 0.4) is 0 Å². The van der Waals surface area contributed by atoms with E-state index >= 15 is 0 Å². The molecule has 1 fully saturated rings. The van der Waals surface area contributed by atoms with Gasteiger partial charge in [-0.15, -0.1) is 0 Å². The number of sulfonamides is 1. The molecule has 0 bridgehead atoms. The number of phenols is 1. The molecule has 3 aromatic rings. The Balaban J connectivity index is 1.51. The molecule has 0 unspecified atom stereocenters. The Labute approximate surface area is 178 Å². The molecule has 1 aliphatic rings. The fourth-order valence-electron chi connectivity index (χ4n) is 3.61. The van der Waals surface area contributed by atoms with Crippen LogP contribution < -0.4 is 0 Å². The van der Waals surface area contributed by atoms with Gasteiger partial charge in [-0.2, -0.15) is 4.31 Å². The zero-order valence-electron chi connectivity index (χ0n) is 16.3. The molecule has 0 saturated carbocycles. The van der Waals surface area contributed by atoms with Crippen LogP contribution in [0.25, 0.3) is 10.8 Å². The average Bonchev–Trinajstić information content (AvgIpc) is 2.78. The minimum Gasteiger partial charge on any atom is -0.507 e. The predicted molar refractivity (Wildman–Crippen MR) is 113 cm³/mol. The van der Waals surface area contributed by atoms with Crippen LogP contribution in [-0.2, 0) is 10.0 Å². The number of phenolic OH excluding ortho intramolecular Hbond substituents is 1. The van der Waals surface area contributed by atoms with Gasteiger partial charge >= 0.3 is 0 Å². The Morgan fingerprint density at radius 1 is 0.935 bits per heavy atom. The monoisotopic (exact) mass is 441 g/mol. The number of carbonyl (C=O) groups excluding carboxylic acids is 1. The van der Waals surface area contributed by atoms with Gasteiger partial charge in [0.05, 0.1) is 15.4 Å². The molecule has 0 spiro atoms. The quantitative estimate of drug-likeness (QED) is 0.491. The van der Waals surface area contributed by atoms with Crippen molar-refractivity contribution in [3.8, 4) is 5.75 Å². The summed E-state index contributed by atoms with van der Waals surface area (Å²) in [4.78, 5) is 24.6. The van der Waals surface area contributed by atoms with Gasteiger partial charge in [-0.3, -0.25) is 14.9 Å². The highest BCUT2D eigenvalue weighted by Gasteiger charge is 2.32. The number of piperazine rings is 1. The highest BCUT2D eigenvalue weighted by atomic mass is 32.2. The van der Waals surface area contributed by atoms with Gasteiger partial charge in [0.25, 0.3) is 11.6 Å². The Morgan fingerprint density at radius 2 is 1.58 bits per heavy atom. The molecule has 1 heterocycles. The van der Waals surface area contributed by atoms with Crippen LogP contribution >= 0.6 is 0 Å². The number of amides is 1. The van der Waals surface area contributed by atoms with E-state index < -0.39 is 14.9 Å². The second-order valence-corrected chi connectivity index (χ2v) is 9.11. The van der Waals surface area contributed by atoms with Gasteiger partial charge in [0.15, 0.2) is 0 Å². The van der Waals surface area contributed by atoms with Gasteiger partial charge in [0.2, 0.25) is 10.0 Å². The maximum atomic E-state index is 12.9. The fourth-order valence-corrected chi connectivity index (χ4v) is 5.07. The van der Waals surface area contributed by atoms with E-state index in [2.05, 4.69) is 0 Å². The van der Waals surface area contributed by atoms with Crippen molar-refractivity contribution in [3.05, 3.63) is 76.3 Å². The van der Waals surface area contributed by atoms with Crippen molar-refractivity contribution < 1.29 is 23.2 Å². The predicted octanol–water partition coefficient (Wildman–Crippen LogP) is 2.60. The molecular formula is C21H19N3O6S. The first-order valence-corrected chi connectivity index (χ1v) is 11.0. The minimum absolute atomic E-state index is 0.0467. The maximum absolute atomic E-state index is 12.9. The first-order chi connectivity index (χ1) is 14.8. The van der Waals surface area contributed by atoms with Gasteiger partial charge in [-0.25, -0.2) is 8.42 Å². The normalized spacial score (nSPS) is 15.2. The largest absolute Gasteiger partial charge is 0.507 e. The zero-order chi connectivity index (χ0) is 22.2. The van der Waals surface area contributed by atoms with Crippen LogP contribution in [0.4, 0.5) is 5.69 Å². The van der Waals surface area contributed by atoms with Gasteiger partial charge in [0, 0.05) is 38.3 Å². The van der Waals surface area contributed by atoms with Crippen molar-refractivity contribution in [2.75, 3.05) is 26.2 Å². The van der Waals surface area contributed by atoms with Crippen LogP contribution in [-0.4, -0.2) is 59.7 Å². The number of hydrogen-bond acceptors (Lipinski definition) is 6. The summed E-state index contributed by atoms with van der Waals surface area (Å²) in [5, 5.41) is 22.9. The van der Waals surface area contributed by atoms with Crippen molar-refractivity contribution >= 4 is 32.4 Å². The third-order valence-electron chi connectivity index (χ3n) is 5.29. The number of benzene rings is 3. The molecule has 31 heavy (non-hydrogen) atoms. The van der Waals surface area contributed by atoms with E-state index in [9.17, 15) is 28.4 Å². The lowest BCUT2D eigenvalue weighted by atomic mass is 10.0. The molecule has 1 saturated heterocycles. The van der Waals surface area contributed by atoms with Crippen molar-refractivity contribution in [2.24, 2.45) is 0 Å². The summed E-state index contributed by atoms with van der Waals surface area (Å²) in [6.07, 6.45) is 0. The van der Waals surface area contributed by atoms with E-state index in [0.717, 1.165) is 16.8 Å². The molecule has 1 amide bonds. The highest BCUT2D eigenvalue weighted by Crippen LogP contribution is 2.27. The van der Waals surface area contributed by atoms with Gasteiger partial charge in [-0.05, 0) is 29.0 Å². The van der Waals surface area contributed by atoms with Crippen molar-refractivity contribution in [3.63, 3.8) is 0 Å². The summed E-state index contributed by atoms with van der Waals surface area (Å²) in [6, 6.07) is 15.4. The molecule has 0 radical (unpaired) electrons. The van der Waals surface area contributed by atoms with Crippen LogP contribution in [0.15, 0.2) is 65.6 Å². The van der Waals surface area contributed by atoms with Crippen LogP contribution in [0.2, 0.25) is 0 Å². The first-order valence-electron chi connectivity index (χ1n) is 9.53. The Hall–Kier alpha value is -3.50. The highest BCUT2D eigenvalue weighted by molar-refractivity contribution is 7.89. The second-order valence-electron chi connectivity index (χ2n) is 7.17. The number of non-ortho nitro benzene ring substituents is 1. The Kier molecular flexibility index (Phi) is 5.34. The van der Waals surface area contributed by atoms with E-state index in [1.54, 1.807) is 6.07 Å². The molecule has 0 aromatic heterocycles. The molecule has 9 nitrogen and oxygen atoms in total. The minimum atomic E-state index is -3.93. The number of aromatic hydroxyl groups is 1.